The van der Waals surface area contributed by atoms with Gasteiger partial charge < -0.3 is 10.3 Å². The summed E-state index contributed by atoms with van der Waals surface area (Å²) in [6.07, 6.45) is -0.498. The molecule has 0 amide bonds. The molecule has 0 rings (SSSR count). The SMILES string of the molecule is CC(C)(C)C(O)CNO. The van der Waals surface area contributed by atoms with Gasteiger partial charge in [-0.3, -0.25) is 0 Å². The third-order valence-electron chi connectivity index (χ3n) is 1.28. The molecule has 0 aliphatic carbocycles. The molecular weight excluding hydrogens is 118 g/mol. The lowest BCUT2D eigenvalue weighted by atomic mass is 9.89. The van der Waals surface area contributed by atoms with Gasteiger partial charge >= 0.3 is 0 Å². The van der Waals surface area contributed by atoms with E-state index in [1.54, 1.807) is 0 Å². The summed E-state index contributed by atoms with van der Waals surface area (Å²) in [6.45, 7) is 5.96. The number of aliphatic hydroxyl groups is 1. The van der Waals surface area contributed by atoms with E-state index in [1.165, 1.54) is 0 Å². The highest BCUT2D eigenvalue weighted by Crippen LogP contribution is 2.17. The van der Waals surface area contributed by atoms with Crippen LogP contribution in [0.25, 0.3) is 0 Å². The van der Waals surface area contributed by atoms with Crippen molar-refractivity contribution in [3.63, 3.8) is 0 Å². The van der Waals surface area contributed by atoms with Gasteiger partial charge in [0.25, 0.3) is 0 Å². The second-order valence-corrected chi connectivity index (χ2v) is 3.24. The van der Waals surface area contributed by atoms with Crippen molar-refractivity contribution < 1.29 is 10.3 Å². The Morgan fingerprint density at radius 1 is 1.44 bits per heavy atom. The molecule has 0 aromatic rings. The van der Waals surface area contributed by atoms with Gasteiger partial charge in [-0.05, 0) is 5.41 Å². The van der Waals surface area contributed by atoms with Gasteiger partial charge in [-0.2, -0.15) is 0 Å². The Balaban J connectivity index is 3.59. The molecule has 0 aliphatic rings. The summed E-state index contributed by atoms with van der Waals surface area (Å²) >= 11 is 0. The zero-order valence-corrected chi connectivity index (χ0v) is 6.18. The van der Waals surface area contributed by atoms with Crippen LogP contribution in [0.5, 0.6) is 0 Å². The van der Waals surface area contributed by atoms with E-state index in [0.29, 0.717) is 0 Å². The van der Waals surface area contributed by atoms with Gasteiger partial charge in [-0.15, -0.1) is 0 Å². The average Bonchev–Trinajstić information content (AvgIpc) is 1.64. The second kappa shape index (κ2) is 3.15. The predicted molar refractivity (Wildman–Crippen MR) is 35.3 cm³/mol. The maximum absolute atomic E-state index is 9.16. The van der Waals surface area contributed by atoms with E-state index in [0.717, 1.165) is 0 Å². The van der Waals surface area contributed by atoms with Crippen LogP contribution in [-0.4, -0.2) is 23.0 Å². The van der Waals surface area contributed by atoms with Crippen molar-refractivity contribution in [1.29, 1.82) is 0 Å². The Hall–Kier alpha value is -0.120. The summed E-state index contributed by atoms with van der Waals surface area (Å²) in [7, 11) is 0. The normalized spacial score (nSPS) is 15.7. The van der Waals surface area contributed by atoms with Gasteiger partial charge in [-0.25, -0.2) is 5.48 Å². The van der Waals surface area contributed by atoms with Gasteiger partial charge in [0.1, 0.15) is 0 Å². The molecule has 3 nitrogen and oxygen atoms in total. The van der Waals surface area contributed by atoms with Crippen LogP contribution in [0.15, 0.2) is 0 Å². The predicted octanol–water partition coefficient (Wildman–Crippen LogP) is 0.372. The maximum atomic E-state index is 9.16. The van der Waals surface area contributed by atoms with Crippen molar-refractivity contribution in [2.24, 2.45) is 5.41 Å². The van der Waals surface area contributed by atoms with Crippen molar-refractivity contribution in [2.45, 2.75) is 26.9 Å². The lowest BCUT2D eigenvalue weighted by Gasteiger charge is -2.24. The summed E-state index contributed by atoms with van der Waals surface area (Å²) in [6, 6.07) is 0. The Bertz CT molecular complexity index is 77.6. The molecule has 0 aliphatic heterocycles. The fourth-order valence-corrected chi connectivity index (χ4v) is 0.393. The Labute approximate surface area is 55.7 Å². The van der Waals surface area contributed by atoms with Crippen LogP contribution in [0.4, 0.5) is 0 Å². The van der Waals surface area contributed by atoms with Crippen LogP contribution >= 0.6 is 0 Å². The molecule has 3 heteroatoms. The first-order valence-corrected chi connectivity index (χ1v) is 3.03. The third kappa shape index (κ3) is 3.46. The Morgan fingerprint density at radius 2 is 1.89 bits per heavy atom. The second-order valence-electron chi connectivity index (χ2n) is 3.24. The van der Waals surface area contributed by atoms with Gasteiger partial charge in [-0.1, -0.05) is 20.8 Å². The van der Waals surface area contributed by atoms with E-state index in [-0.39, 0.29) is 12.0 Å². The van der Waals surface area contributed by atoms with Crippen molar-refractivity contribution in [3.8, 4) is 0 Å². The molecule has 9 heavy (non-hydrogen) atoms. The highest BCUT2D eigenvalue weighted by Gasteiger charge is 2.20. The zero-order valence-electron chi connectivity index (χ0n) is 6.18. The molecule has 0 saturated heterocycles. The Kier molecular flexibility index (Phi) is 3.11. The zero-order chi connectivity index (χ0) is 7.49. The molecule has 1 atom stereocenters. The molecule has 3 N–H and O–H groups in total. The smallest absolute Gasteiger partial charge is 0.0735 e. The molecule has 0 bridgehead atoms. The minimum absolute atomic E-state index is 0.157. The lowest BCUT2D eigenvalue weighted by molar-refractivity contribution is 0.0256. The largest absolute Gasteiger partial charge is 0.391 e. The topological polar surface area (TPSA) is 52.5 Å². The number of hydrogen-bond donors (Lipinski definition) is 3. The summed E-state index contributed by atoms with van der Waals surface area (Å²) in [5.41, 5.74) is 1.77. The average molecular weight is 133 g/mol. The number of hydroxylamine groups is 1. The first kappa shape index (κ1) is 8.88. The lowest BCUT2D eigenvalue weighted by Crippen LogP contribution is -2.35. The quantitative estimate of drug-likeness (QED) is 0.477. The molecule has 0 aromatic heterocycles. The molecule has 0 fully saturated rings. The van der Waals surface area contributed by atoms with E-state index in [2.05, 4.69) is 0 Å². The standard InChI is InChI=1S/C6H15NO2/c1-6(2,3)5(8)4-7-9/h5,7-9H,4H2,1-3H3. The summed E-state index contributed by atoms with van der Waals surface area (Å²) < 4.78 is 0. The van der Waals surface area contributed by atoms with Gasteiger partial charge in [0.15, 0.2) is 0 Å². The highest BCUT2D eigenvalue weighted by atomic mass is 16.5. The third-order valence-corrected chi connectivity index (χ3v) is 1.28. The minimum atomic E-state index is -0.498. The molecule has 56 valence electrons. The van der Waals surface area contributed by atoms with Crippen LogP contribution in [-0.2, 0) is 0 Å². The summed E-state index contributed by atoms with van der Waals surface area (Å²) in [4.78, 5) is 0. The van der Waals surface area contributed by atoms with Crippen LogP contribution < -0.4 is 5.48 Å². The molecular formula is C6H15NO2. The van der Waals surface area contributed by atoms with E-state index >= 15 is 0 Å². The molecule has 0 aromatic carbocycles. The number of hydrogen-bond acceptors (Lipinski definition) is 3. The van der Waals surface area contributed by atoms with Crippen LogP contribution in [0.3, 0.4) is 0 Å². The van der Waals surface area contributed by atoms with Crippen molar-refractivity contribution in [2.75, 3.05) is 6.54 Å². The minimum Gasteiger partial charge on any atom is -0.391 e. The van der Waals surface area contributed by atoms with E-state index in [1.807, 2.05) is 26.3 Å². The maximum Gasteiger partial charge on any atom is 0.0735 e. The van der Waals surface area contributed by atoms with Crippen molar-refractivity contribution in [1.82, 2.24) is 5.48 Å². The first-order chi connectivity index (χ1) is 3.98. The fourth-order valence-electron chi connectivity index (χ4n) is 0.393. The first-order valence-electron chi connectivity index (χ1n) is 3.03. The van der Waals surface area contributed by atoms with E-state index in [9.17, 15) is 0 Å². The molecule has 1 unspecified atom stereocenters. The van der Waals surface area contributed by atoms with Gasteiger partial charge in [0, 0.05) is 6.54 Å². The van der Waals surface area contributed by atoms with Crippen LogP contribution in [0.2, 0.25) is 0 Å². The van der Waals surface area contributed by atoms with Crippen molar-refractivity contribution in [3.05, 3.63) is 0 Å². The monoisotopic (exact) mass is 133 g/mol. The molecule has 0 radical (unpaired) electrons. The van der Waals surface area contributed by atoms with E-state index < -0.39 is 6.10 Å². The number of nitrogens with one attached hydrogen (secondary N) is 1. The number of aliphatic hydroxyl groups excluding tert-OH is 1. The molecule has 0 spiro atoms. The van der Waals surface area contributed by atoms with E-state index in [4.69, 9.17) is 10.3 Å². The number of rotatable bonds is 2. The summed E-state index contributed by atoms with van der Waals surface area (Å²) in [5.74, 6) is 0. The Morgan fingerprint density at radius 3 is 2.00 bits per heavy atom. The van der Waals surface area contributed by atoms with Crippen LogP contribution in [0, 0.1) is 5.41 Å². The fraction of sp³-hybridized carbons (Fsp3) is 1.00. The van der Waals surface area contributed by atoms with Gasteiger partial charge in [0.2, 0.25) is 0 Å². The van der Waals surface area contributed by atoms with Crippen LogP contribution in [0.1, 0.15) is 20.8 Å². The van der Waals surface area contributed by atoms with Crippen molar-refractivity contribution >= 4 is 0 Å². The highest BCUT2D eigenvalue weighted by molar-refractivity contribution is 4.72. The summed E-state index contributed by atoms with van der Waals surface area (Å²) in [5, 5.41) is 17.4. The van der Waals surface area contributed by atoms with Gasteiger partial charge in [0.05, 0.1) is 6.10 Å². The molecule has 0 saturated carbocycles. The molecule has 0 heterocycles.